The van der Waals surface area contributed by atoms with E-state index in [0.29, 0.717) is 11.3 Å². The zero-order valence-corrected chi connectivity index (χ0v) is 15.1. The number of nitrogens with zero attached hydrogens (tertiary/aromatic N) is 1. The second-order valence-electron chi connectivity index (χ2n) is 6.14. The SMILES string of the molecule is COC(=O)c1ccccc1NC(=O)CN(c1ccc(C)cc1)C(C)C. The van der Waals surface area contributed by atoms with Crippen LogP contribution < -0.4 is 10.2 Å². The summed E-state index contributed by atoms with van der Waals surface area (Å²) in [6.45, 7) is 6.29. The first kappa shape index (κ1) is 18.5. The van der Waals surface area contributed by atoms with Crippen LogP contribution in [0, 0.1) is 6.92 Å². The summed E-state index contributed by atoms with van der Waals surface area (Å²) >= 11 is 0. The number of hydrogen-bond acceptors (Lipinski definition) is 4. The number of nitrogens with one attached hydrogen (secondary N) is 1. The Hall–Kier alpha value is -2.82. The van der Waals surface area contributed by atoms with Crippen molar-refractivity contribution in [3.8, 4) is 0 Å². The molecule has 0 aliphatic heterocycles. The predicted octanol–water partition coefficient (Wildman–Crippen LogP) is 3.64. The fourth-order valence-corrected chi connectivity index (χ4v) is 2.53. The molecule has 0 spiro atoms. The molecule has 0 saturated heterocycles. The van der Waals surface area contributed by atoms with Crippen molar-refractivity contribution in [3.05, 3.63) is 59.7 Å². The molecule has 5 nitrogen and oxygen atoms in total. The van der Waals surface area contributed by atoms with Crippen molar-refractivity contribution in [1.82, 2.24) is 0 Å². The highest BCUT2D eigenvalue weighted by atomic mass is 16.5. The fourth-order valence-electron chi connectivity index (χ4n) is 2.53. The summed E-state index contributed by atoms with van der Waals surface area (Å²) in [5.41, 5.74) is 2.94. The first-order valence-corrected chi connectivity index (χ1v) is 8.23. The molecule has 132 valence electrons. The number of benzene rings is 2. The average molecular weight is 340 g/mol. The Balaban J connectivity index is 2.15. The molecule has 2 aromatic carbocycles. The first-order chi connectivity index (χ1) is 11.9. The van der Waals surface area contributed by atoms with Gasteiger partial charge in [-0.25, -0.2) is 4.79 Å². The third-order valence-corrected chi connectivity index (χ3v) is 3.91. The minimum atomic E-state index is -0.477. The van der Waals surface area contributed by atoms with Gasteiger partial charge in [0.05, 0.1) is 24.9 Å². The van der Waals surface area contributed by atoms with Gasteiger partial charge in [-0.1, -0.05) is 29.8 Å². The minimum absolute atomic E-state index is 0.157. The van der Waals surface area contributed by atoms with Gasteiger partial charge in [-0.05, 0) is 45.0 Å². The lowest BCUT2D eigenvalue weighted by atomic mass is 10.1. The summed E-state index contributed by atoms with van der Waals surface area (Å²) in [4.78, 5) is 26.4. The van der Waals surface area contributed by atoms with Gasteiger partial charge < -0.3 is 15.0 Å². The lowest BCUT2D eigenvalue weighted by Gasteiger charge is -2.28. The number of esters is 1. The highest BCUT2D eigenvalue weighted by Gasteiger charge is 2.17. The molecule has 0 fully saturated rings. The molecule has 0 bridgehead atoms. The van der Waals surface area contributed by atoms with E-state index in [0.717, 1.165) is 5.69 Å². The summed E-state index contributed by atoms with van der Waals surface area (Å²) in [6, 6.07) is 15.0. The number of carbonyl (C=O) groups excluding carboxylic acids is 2. The van der Waals surface area contributed by atoms with E-state index in [-0.39, 0.29) is 18.5 Å². The molecule has 0 unspecified atom stereocenters. The second kappa shape index (κ2) is 8.33. The van der Waals surface area contributed by atoms with Crippen LogP contribution in [0.4, 0.5) is 11.4 Å². The molecule has 0 atom stereocenters. The third-order valence-electron chi connectivity index (χ3n) is 3.91. The Morgan fingerprint density at radius 2 is 1.72 bits per heavy atom. The van der Waals surface area contributed by atoms with E-state index in [9.17, 15) is 9.59 Å². The Morgan fingerprint density at radius 1 is 1.08 bits per heavy atom. The maximum absolute atomic E-state index is 12.5. The Bertz CT molecular complexity index is 739. The van der Waals surface area contributed by atoms with Gasteiger partial charge in [-0.15, -0.1) is 0 Å². The van der Waals surface area contributed by atoms with Crippen molar-refractivity contribution in [2.75, 3.05) is 23.9 Å². The molecule has 0 heterocycles. The molecule has 2 rings (SSSR count). The van der Waals surface area contributed by atoms with Gasteiger partial charge in [-0.2, -0.15) is 0 Å². The summed E-state index contributed by atoms with van der Waals surface area (Å²) in [6.07, 6.45) is 0. The van der Waals surface area contributed by atoms with Crippen molar-refractivity contribution in [2.45, 2.75) is 26.8 Å². The zero-order chi connectivity index (χ0) is 18.4. The number of rotatable bonds is 6. The average Bonchev–Trinajstić information content (AvgIpc) is 2.60. The lowest BCUT2D eigenvalue weighted by molar-refractivity contribution is -0.115. The van der Waals surface area contributed by atoms with Gasteiger partial charge in [0.2, 0.25) is 5.91 Å². The van der Waals surface area contributed by atoms with Crippen LogP contribution in [0.2, 0.25) is 0 Å². The van der Waals surface area contributed by atoms with Gasteiger partial charge in [-0.3, -0.25) is 4.79 Å². The molecule has 2 aromatic rings. The maximum atomic E-state index is 12.5. The minimum Gasteiger partial charge on any atom is -0.465 e. The largest absolute Gasteiger partial charge is 0.465 e. The smallest absolute Gasteiger partial charge is 0.339 e. The van der Waals surface area contributed by atoms with Crippen LogP contribution in [0.25, 0.3) is 0 Å². The quantitative estimate of drug-likeness (QED) is 0.816. The van der Waals surface area contributed by atoms with Crippen LogP contribution in [-0.2, 0) is 9.53 Å². The number of amides is 1. The molecule has 0 aliphatic rings. The maximum Gasteiger partial charge on any atom is 0.339 e. The number of carbonyl (C=O) groups is 2. The molecule has 1 N–H and O–H groups in total. The molecule has 0 saturated carbocycles. The van der Waals surface area contributed by atoms with E-state index < -0.39 is 5.97 Å². The zero-order valence-electron chi connectivity index (χ0n) is 15.1. The number of hydrogen-bond donors (Lipinski definition) is 1. The van der Waals surface area contributed by atoms with Gasteiger partial charge in [0.25, 0.3) is 0 Å². The highest BCUT2D eigenvalue weighted by molar-refractivity contribution is 6.02. The number of anilines is 2. The number of aryl methyl sites for hydroxylation is 1. The summed E-state index contributed by atoms with van der Waals surface area (Å²) in [5, 5.41) is 2.81. The molecule has 1 amide bonds. The molecule has 0 aliphatic carbocycles. The van der Waals surface area contributed by atoms with Crippen molar-refractivity contribution in [1.29, 1.82) is 0 Å². The highest BCUT2D eigenvalue weighted by Crippen LogP contribution is 2.19. The van der Waals surface area contributed by atoms with E-state index in [1.807, 2.05) is 49.9 Å². The van der Waals surface area contributed by atoms with Crippen LogP contribution in [0.15, 0.2) is 48.5 Å². The first-order valence-electron chi connectivity index (χ1n) is 8.23. The lowest BCUT2D eigenvalue weighted by Crippen LogP contribution is -2.38. The third kappa shape index (κ3) is 4.83. The second-order valence-corrected chi connectivity index (χ2v) is 6.14. The standard InChI is InChI=1S/C20H24N2O3/c1-14(2)22(16-11-9-15(3)10-12-16)13-19(23)21-18-8-6-5-7-17(18)20(24)25-4/h5-12,14H,13H2,1-4H3,(H,21,23). The van der Waals surface area contributed by atoms with E-state index in [1.165, 1.54) is 12.7 Å². The van der Waals surface area contributed by atoms with Crippen molar-refractivity contribution in [3.63, 3.8) is 0 Å². The predicted molar refractivity (Wildman–Crippen MR) is 100 cm³/mol. The van der Waals surface area contributed by atoms with Crippen LogP contribution in [0.3, 0.4) is 0 Å². The molecular formula is C20H24N2O3. The summed E-state index contributed by atoms with van der Waals surface area (Å²) in [7, 11) is 1.32. The molecule has 0 radical (unpaired) electrons. The van der Waals surface area contributed by atoms with Crippen LogP contribution in [-0.4, -0.2) is 31.6 Å². The van der Waals surface area contributed by atoms with Gasteiger partial charge in [0, 0.05) is 11.7 Å². The summed E-state index contributed by atoms with van der Waals surface area (Å²) in [5.74, 6) is -0.666. The molecule has 0 aromatic heterocycles. The monoisotopic (exact) mass is 340 g/mol. The van der Waals surface area contributed by atoms with E-state index in [2.05, 4.69) is 5.32 Å². The van der Waals surface area contributed by atoms with Crippen LogP contribution >= 0.6 is 0 Å². The van der Waals surface area contributed by atoms with E-state index >= 15 is 0 Å². The normalized spacial score (nSPS) is 10.4. The number of methoxy groups -OCH3 is 1. The topological polar surface area (TPSA) is 58.6 Å². The Morgan fingerprint density at radius 3 is 2.32 bits per heavy atom. The van der Waals surface area contributed by atoms with E-state index in [1.54, 1.807) is 24.3 Å². The van der Waals surface area contributed by atoms with Crippen LogP contribution in [0.5, 0.6) is 0 Å². The van der Waals surface area contributed by atoms with Crippen LogP contribution in [0.1, 0.15) is 29.8 Å². The number of ether oxygens (including phenoxy) is 1. The van der Waals surface area contributed by atoms with Gasteiger partial charge >= 0.3 is 5.97 Å². The van der Waals surface area contributed by atoms with E-state index in [4.69, 9.17) is 4.74 Å². The van der Waals surface area contributed by atoms with Crippen molar-refractivity contribution < 1.29 is 14.3 Å². The summed E-state index contributed by atoms with van der Waals surface area (Å²) < 4.78 is 4.76. The fraction of sp³-hybridized carbons (Fsp3) is 0.300. The molecular weight excluding hydrogens is 316 g/mol. The Labute approximate surface area is 148 Å². The van der Waals surface area contributed by atoms with Gasteiger partial charge in [0.15, 0.2) is 0 Å². The Kier molecular flexibility index (Phi) is 6.17. The molecule has 25 heavy (non-hydrogen) atoms. The van der Waals surface area contributed by atoms with Crippen molar-refractivity contribution in [2.24, 2.45) is 0 Å². The van der Waals surface area contributed by atoms with Crippen molar-refractivity contribution >= 4 is 23.3 Å². The van der Waals surface area contributed by atoms with Gasteiger partial charge in [0.1, 0.15) is 0 Å². The number of para-hydroxylation sites is 1. The molecule has 5 heteroatoms.